The predicted molar refractivity (Wildman–Crippen MR) is 76.6 cm³/mol. The molecule has 1 aliphatic rings. The summed E-state index contributed by atoms with van der Waals surface area (Å²) in [7, 11) is 0. The zero-order valence-electron chi connectivity index (χ0n) is 11.6. The molecule has 0 unspecified atom stereocenters. The zero-order chi connectivity index (χ0) is 14.7. The molecule has 108 valence electrons. The highest BCUT2D eigenvalue weighted by Gasteiger charge is 2.24. The van der Waals surface area contributed by atoms with E-state index in [9.17, 15) is 9.59 Å². The SMILES string of the molecule is CC(C)[C@H](N)C(=O)Nc1cccc(N2CCOC2=O)c1. The Morgan fingerprint density at radius 1 is 1.45 bits per heavy atom. The molecule has 1 aromatic rings. The number of nitrogens with one attached hydrogen (secondary N) is 1. The van der Waals surface area contributed by atoms with Crippen molar-refractivity contribution in [3.8, 4) is 0 Å². The number of ether oxygens (including phenoxy) is 1. The molecule has 6 heteroatoms. The van der Waals surface area contributed by atoms with E-state index in [-0.39, 0.29) is 17.9 Å². The summed E-state index contributed by atoms with van der Waals surface area (Å²) in [4.78, 5) is 24.9. The quantitative estimate of drug-likeness (QED) is 0.874. The lowest BCUT2D eigenvalue weighted by molar-refractivity contribution is -0.118. The molecule has 1 fully saturated rings. The molecule has 6 nitrogen and oxygen atoms in total. The van der Waals surface area contributed by atoms with Crippen LogP contribution in [0.25, 0.3) is 0 Å². The number of benzene rings is 1. The minimum Gasteiger partial charge on any atom is -0.447 e. The van der Waals surface area contributed by atoms with E-state index in [0.717, 1.165) is 0 Å². The van der Waals surface area contributed by atoms with Gasteiger partial charge in [0.2, 0.25) is 5.91 Å². The van der Waals surface area contributed by atoms with Crippen molar-refractivity contribution in [2.45, 2.75) is 19.9 Å². The number of anilines is 2. The van der Waals surface area contributed by atoms with E-state index in [1.165, 1.54) is 4.90 Å². The van der Waals surface area contributed by atoms with Crippen molar-refractivity contribution in [3.63, 3.8) is 0 Å². The van der Waals surface area contributed by atoms with Crippen molar-refractivity contribution < 1.29 is 14.3 Å². The first-order chi connectivity index (χ1) is 9.49. The maximum Gasteiger partial charge on any atom is 0.414 e. The van der Waals surface area contributed by atoms with Gasteiger partial charge in [-0.1, -0.05) is 19.9 Å². The van der Waals surface area contributed by atoms with Crippen LogP contribution < -0.4 is 16.0 Å². The zero-order valence-corrected chi connectivity index (χ0v) is 11.6. The summed E-state index contributed by atoms with van der Waals surface area (Å²) in [5.41, 5.74) is 7.11. The monoisotopic (exact) mass is 277 g/mol. The van der Waals surface area contributed by atoms with Crippen LogP contribution in [0.3, 0.4) is 0 Å². The number of cyclic esters (lactones) is 1. The standard InChI is InChI=1S/C14H19N3O3/c1-9(2)12(15)13(18)16-10-4-3-5-11(8-10)17-6-7-20-14(17)19/h3-5,8-9,12H,6-7,15H2,1-2H3,(H,16,18)/t12-/m0/s1. The molecule has 1 saturated heterocycles. The van der Waals surface area contributed by atoms with Crippen molar-refractivity contribution in [3.05, 3.63) is 24.3 Å². The summed E-state index contributed by atoms with van der Waals surface area (Å²) in [6, 6.07) is 6.51. The lowest BCUT2D eigenvalue weighted by Crippen LogP contribution is -2.39. The fourth-order valence-corrected chi connectivity index (χ4v) is 1.91. The number of carbonyl (C=O) groups is 2. The normalized spacial score (nSPS) is 16.2. The molecule has 2 rings (SSSR count). The first kappa shape index (κ1) is 14.3. The first-order valence-electron chi connectivity index (χ1n) is 6.60. The molecule has 0 saturated carbocycles. The molecule has 1 aliphatic heterocycles. The number of carbonyl (C=O) groups excluding carboxylic acids is 2. The fourth-order valence-electron chi connectivity index (χ4n) is 1.91. The van der Waals surface area contributed by atoms with Gasteiger partial charge in [-0.15, -0.1) is 0 Å². The van der Waals surface area contributed by atoms with Gasteiger partial charge in [0.15, 0.2) is 0 Å². The van der Waals surface area contributed by atoms with Gasteiger partial charge < -0.3 is 15.8 Å². The second-order valence-electron chi connectivity index (χ2n) is 5.08. The molecule has 2 amide bonds. The smallest absolute Gasteiger partial charge is 0.414 e. The molecule has 3 N–H and O–H groups in total. The summed E-state index contributed by atoms with van der Waals surface area (Å²) in [6.07, 6.45) is -0.368. The Morgan fingerprint density at radius 3 is 2.80 bits per heavy atom. The average molecular weight is 277 g/mol. The number of nitrogens with two attached hydrogens (primary N) is 1. The number of hydrogen-bond acceptors (Lipinski definition) is 4. The number of hydrogen-bond donors (Lipinski definition) is 2. The number of amides is 2. The topological polar surface area (TPSA) is 84.7 Å². The fraction of sp³-hybridized carbons (Fsp3) is 0.429. The molecule has 20 heavy (non-hydrogen) atoms. The third-order valence-corrected chi connectivity index (χ3v) is 3.21. The average Bonchev–Trinajstić information content (AvgIpc) is 2.84. The molecule has 0 spiro atoms. The van der Waals surface area contributed by atoms with E-state index in [4.69, 9.17) is 10.5 Å². The van der Waals surface area contributed by atoms with Crippen LogP contribution in [0.5, 0.6) is 0 Å². The highest BCUT2D eigenvalue weighted by atomic mass is 16.6. The molecule has 1 aromatic carbocycles. The van der Waals surface area contributed by atoms with Crippen LogP contribution in [0, 0.1) is 5.92 Å². The molecule has 0 bridgehead atoms. The maximum absolute atomic E-state index is 11.9. The van der Waals surface area contributed by atoms with Gasteiger partial charge in [0.05, 0.1) is 12.6 Å². The summed E-state index contributed by atoms with van der Waals surface area (Å²) in [5, 5.41) is 2.76. The minimum atomic E-state index is -0.560. The lowest BCUT2D eigenvalue weighted by Gasteiger charge is -2.17. The Balaban J connectivity index is 2.10. The molecular formula is C14H19N3O3. The summed E-state index contributed by atoms with van der Waals surface area (Å²) < 4.78 is 4.89. The van der Waals surface area contributed by atoms with E-state index in [1.807, 2.05) is 13.8 Å². The van der Waals surface area contributed by atoms with Crippen LogP contribution in [0.2, 0.25) is 0 Å². The van der Waals surface area contributed by atoms with Crippen molar-refractivity contribution in [2.24, 2.45) is 11.7 Å². The molecule has 1 atom stereocenters. The van der Waals surface area contributed by atoms with Gasteiger partial charge >= 0.3 is 6.09 Å². The van der Waals surface area contributed by atoms with Crippen LogP contribution >= 0.6 is 0 Å². The Labute approximate surface area is 117 Å². The summed E-state index contributed by atoms with van der Waals surface area (Å²) in [6.45, 7) is 4.68. The predicted octanol–water partition coefficient (Wildman–Crippen LogP) is 1.56. The van der Waals surface area contributed by atoms with Crippen LogP contribution in [-0.2, 0) is 9.53 Å². The second-order valence-corrected chi connectivity index (χ2v) is 5.08. The Hall–Kier alpha value is -2.08. The van der Waals surface area contributed by atoms with E-state index in [0.29, 0.717) is 24.5 Å². The molecular weight excluding hydrogens is 258 g/mol. The Bertz CT molecular complexity index is 516. The summed E-state index contributed by atoms with van der Waals surface area (Å²) >= 11 is 0. The number of nitrogens with zero attached hydrogens (tertiary/aromatic N) is 1. The largest absolute Gasteiger partial charge is 0.447 e. The van der Waals surface area contributed by atoms with Crippen LogP contribution in [-0.4, -0.2) is 31.2 Å². The van der Waals surface area contributed by atoms with Gasteiger partial charge in [-0.2, -0.15) is 0 Å². The van der Waals surface area contributed by atoms with E-state index < -0.39 is 6.04 Å². The third kappa shape index (κ3) is 3.08. The maximum atomic E-state index is 11.9. The van der Waals surface area contributed by atoms with Crippen molar-refractivity contribution >= 4 is 23.4 Å². The van der Waals surface area contributed by atoms with Crippen LogP contribution in [0.1, 0.15) is 13.8 Å². The van der Waals surface area contributed by atoms with Gasteiger partial charge in [0.1, 0.15) is 6.61 Å². The molecule has 1 heterocycles. The van der Waals surface area contributed by atoms with Gasteiger partial charge in [0.25, 0.3) is 0 Å². The highest BCUT2D eigenvalue weighted by Crippen LogP contribution is 2.22. The number of rotatable bonds is 4. The molecule has 0 radical (unpaired) electrons. The van der Waals surface area contributed by atoms with Crippen LogP contribution in [0.15, 0.2) is 24.3 Å². The summed E-state index contributed by atoms with van der Waals surface area (Å²) in [5.74, 6) is -0.173. The Kier molecular flexibility index (Phi) is 4.24. The Morgan fingerprint density at radius 2 is 2.20 bits per heavy atom. The van der Waals surface area contributed by atoms with Gasteiger partial charge in [0, 0.05) is 11.4 Å². The van der Waals surface area contributed by atoms with E-state index in [1.54, 1.807) is 24.3 Å². The van der Waals surface area contributed by atoms with Gasteiger partial charge in [-0.3, -0.25) is 9.69 Å². The first-order valence-corrected chi connectivity index (χ1v) is 6.60. The van der Waals surface area contributed by atoms with Gasteiger partial charge in [-0.05, 0) is 24.1 Å². The van der Waals surface area contributed by atoms with E-state index >= 15 is 0 Å². The van der Waals surface area contributed by atoms with Crippen molar-refractivity contribution in [1.82, 2.24) is 0 Å². The molecule has 0 aromatic heterocycles. The lowest BCUT2D eigenvalue weighted by atomic mass is 10.0. The molecule has 0 aliphatic carbocycles. The van der Waals surface area contributed by atoms with Gasteiger partial charge in [-0.25, -0.2) is 4.79 Å². The minimum absolute atomic E-state index is 0.0618. The highest BCUT2D eigenvalue weighted by molar-refractivity contribution is 5.96. The third-order valence-electron chi connectivity index (χ3n) is 3.21. The second kappa shape index (κ2) is 5.92. The van der Waals surface area contributed by atoms with E-state index in [2.05, 4.69) is 5.32 Å². The van der Waals surface area contributed by atoms with Crippen molar-refractivity contribution in [2.75, 3.05) is 23.4 Å². The van der Waals surface area contributed by atoms with Crippen molar-refractivity contribution in [1.29, 1.82) is 0 Å². The van der Waals surface area contributed by atoms with Crippen LogP contribution in [0.4, 0.5) is 16.2 Å².